The summed E-state index contributed by atoms with van der Waals surface area (Å²) in [6.45, 7) is 0. The lowest BCUT2D eigenvalue weighted by atomic mass is 10.1. The molecule has 5 rings (SSSR count). The van der Waals surface area contributed by atoms with Crippen LogP contribution in [0.3, 0.4) is 0 Å². The fourth-order valence-corrected chi connectivity index (χ4v) is 3.50. The van der Waals surface area contributed by atoms with Crippen LogP contribution in [0.25, 0.3) is 6.08 Å². The van der Waals surface area contributed by atoms with Crippen molar-refractivity contribution in [2.75, 3.05) is 4.90 Å². The van der Waals surface area contributed by atoms with Crippen molar-refractivity contribution in [2.24, 2.45) is 0 Å². The minimum Gasteiger partial charge on any atom is -0.410 e. The first-order valence-electron chi connectivity index (χ1n) is 9.34. The fraction of sp³-hybridized carbons (Fsp3) is 0. The Morgan fingerprint density at radius 3 is 1.93 bits per heavy atom. The predicted molar refractivity (Wildman–Crippen MR) is 112 cm³/mol. The van der Waals surface area contributed by atoms with E-state index in [4.69, 9.17) is 4.42 Å². The zero-order chi connectivity index (χ0) is 20.5. The second-order valence-corrected chi connectivity index (χ2v) is 6.75. The molecule has 0 amide bonds. The van der Waals surface area contributed by atoms with E-state index in [1.807, 2.05) is 59.5 Å². The average molecular weight is 393 g/mol. The van der Waals surface area contributed by atoms with Crippen LogP contribution < -0.4 is 4.90 Å². The summed E-state index contributed by atoms with van der Waals surface area (Å²) >= 11 is 0. The molecule has 0 unspecified atom stereocenters. The molecule has 3 aromatic carbocycles. The maximum atomic E-state index is 12.6. The molecule has 0 radical (unpaired) electrons. The Morgan fingerprint density at radius 1 is 0.733 bits per heavy atom. The predicted octanol–water partition coefficient (Wildman–Crippen LogP) is 5.00. The lowest BCUT2D eigenvalue weighted by Crippen LogP contribution is -2.10. The Balaban J connectivity index is 1.49. The number of hydrogen-bond acceptors (Lipinski definition) is 6. The topological polar surface area (TPSA) is 76.3 Å². The zero-order valence-electron chi connectivity index (χ0n) is 15.7. The maximum Gasteiger partial charge on any atom is 0.327 e. The number of anilines is 3. The summed E-state index contributed by atoms with van der Waals surface area (Å²) in [5.74, 6) is -0.479. The van der Waals surface area contributed by atoms with Gasteiger partial charge in [-0.15, -0.1) is 5.10 Å². The van der Waals surface area contributed by atoms with Crippen molar-refractivity contribution >= 4 is 35.0 Å². The molecular formula is C24H15N3O3. The van der Waals surface area contributed by atoms with Crippen LogP contribution in [0.5, 0.6) is 0 Å². The Morgan fingerprint density at radius 2 is 1.33 bits per heavy atom. The minimum absolute atomic E-state index is 0.181. The van der Waals surface area contributed by atoms with Gasteiger partial charge in [0.1, 0.15) is 0 Å². The largest absolute Gasteiger partial charge is 0.410 e. The molecular weight excluding hydrogens is 378 g/mol. The zero-order valence-corrected chi connectivity index (χ0v) is 15.7. The number of nitrogens with zero attached hydrogens (tertiary/aromatic N) is 3. The van der Waals surface area contributed by atoms with E-state index in [1.165, 1.54) is 6.39 Å². The SMILES string of the molecule is O=C1C(=Cc2ccc(N(c3ccccc3)c3nnco3)cc2)C(=O)c2ccccc21. The average Bonchev–Trinajstić information content (AvgIpc) is 3.40. The summed E-state index contributed by atoms with van der Waals surface area (Å²) in [5.41, 5.74) is 3.51. The molecule has 30 heavy (non-hydrogen) atoms. The number of benzene rings is 3. The van der Waals surface area contributed by atoms with Crippen molar-refractivity contribution in [2.45, 2.75) is 0 Å². The number of allylic oxidation sites excluding steroid dienone is 1. The van der Waals surface area contributed by atoms with Crippen LogP contribution >= 0.6 is 0 Å². The van der Waals surface area contributed by atoms with Gasteiger partial charge in [0, 0.05) is 11.1 Å². The van der Waals surface area contributed by atoms with Crippen molar-refractivity contribution in [3.63, 3.8) is 0 Å². The molecule has 0 aliphatic heterocycles. The summed E-state index contributed by atoms with van der Waals surface area (Å²) in [6.07, 6.45) is 2.91. The molecule has 0 saturated heterocycles. The summed E-state index contributed by atoms with van der Waals surface area (Å²) in [7, 11) is 0. The molecule has 0 atom stereocenters. The van der Waals surface area contributed by atoms with Crippen molar-refractivity contribution in [3.8, 4) is 0 Å². The normalized spacial score (nSPS) is 12.7. The van der Waals surface area contributed by atoms with Gasteiger partial charge in [-0.25, -0.2) is 0 Å². The van der Waals surface area contributed by atoms with Crippen LogP contribution in [-0.4, -0.2) is 21.8 Å². The second-order valence-electron chi connectivity index (χ2n) is 6.75. The minimum atomic E-state index is -0.239. The molecule has 6 nitrogen and oxygen atoms in total. The third-order valence-corrected chi connectivity index (χ3v) is 4.92. The molecule has 1 heterocycles. The van der Waals surface area contributed by atoms with E-state index in [2.05, 4.69) is 10.2 Å². The number of carbonyl (C=O) groups excluding carboxylic acids is 2. The Labute approximate surface area is 172 Å². The number of hydrogen-bond donors (Lipinski definition) is 0. The standard InChI is InChI=1S/C24H15N3O3/c28-22-19-8-4-5-9-20(19)23(29)21(22)14-16-10-12-18(13-11-16)27(24-26-25-15-30-24)17-6-2-1-3-7-17/h1-15H. The monoisotopic (exact) mass is 393 g/mol. The van der Waals surface area contributed by atoms with Crippen LogP contribution in [0, 0.1) is 0 Å². The molecule has 144 valence electrons. The molecule has 4 aromatic rings. The molecule has 1 aromatic heterocycles. The second kappa shape index (κ2) is 7.25. The van der Waals surface area contributed by atoms with Crippen LogP contribution in [0.2, 0.25) is 0 Å². The van der Waals surface area contributed by atoms with Gasteiger partial charge in [-0.05, 0) is 35.9 Å². The quantitative estimate of drug-likeness (QED) is 0.359. The number of rotatable bonds is 4. The van der Waals surface area contributed by atoms with Gasteiger partial charge < -0.3 is 4.42 Å². The summed E-state index contributed by atoms with van der Waals surface area (Å²) in [5, 5.41) is 7.80. The van der Waals surface area contributed by atoms with Crippen LogP contribution in [0.4, 0.5) is 17.4 Å². The number of para-hydroxylation sites is 1. The van der Waals surface area contributed by atoms with Crippen molar-refractivity contribution < 1.29 is 14.0 Å². The lowest BCUT2D eigenvalue weighted by molar-refractivity contribution is 0.0990. The summed E-state index contributed by atoms with van der Waals surface area (Å²) in [6, 6.07) is 24.3. The number of ketones is 2. The van der Waals surface area contributed by atoms with Crippen molar-refractivity contribution in [1.82, 2.24) is 10.2 Å². The first-order valence-corrected chi connectivity index (χ1v) is 9.34. The van der Waals surface area contributed by atoms with Gasteiger partial charge in [0.05, 0.1) is 16.9 Å². The first kappa shape index (κ1) is 17.8. The Hall–Kier alpha value is -4.32. The summed E-state index contributed by atoms with van der Waals surface area (Å²) < 4.78 is 5.41. The molecule has 0 saturated carbocycles. The number of carbonyl (C=O) groups is 2. The maximum absolute atomic E-state index is 12.6. The van der Waals surface area contributed by atoms with Gasteiger partial charge in [-0.3, -0.25) is 14.5 Å². The molecule has 0 bridgehead atoms. The van der Waals surface area contributed by atoms with E-state index >= 15 is 0 Å². The third-order valence-electron chi connectivity index (χ3n) is 4.92. The number of Topliss-reactive ketones (excluding diaryl/α,β-unsaturated/α-hetero) is 2. The first-order chi connectivity index (χ1) is 14.7. The van der Waals surface area contributed by atoms with Gasteiger partial charge >= 0.3 is 6.01 Å². The van der Waals surface area contributed by atoms with Crippen molar-refractivity contribution in [1.29, 1.82) is 0 Å². The number of aromatic nitrogens is 2. The molecule has 6 heteroatoms. The van der Waals surface area contributed by atoms with E-state index in [1.54, 1.807) is 30.3 Å². The molecule has 0 N–H and O–H groups in total. The van der Waals surface area contributed by atoms with Crippen LogP contribution in [-0.2, 0) is 0 Å². The highest BCUT2D eigenvalue weighted by Crippen LogP contribution is 2.33. The molecule has 0 spiro atoms. The Kier molecular flexibility index (Phi) is 4.29. The fourth-order valence-electron chi connectivity index (χ4n) is 3.50. The smallest absolute Gasteiger partial charge is 0.327 e. The number of fused-ring (bicyclic) bond motifs is 1. The van der Waals surface area contributed by atoms with E-state index in [0.29, 0.717) is 17.1 Å². The van der Waals surface area contributed by atoms with Crippen molar-refractivity contribution in [3.05, 3.63) is 108 Å². The van der Waals surface area contributed by atoms with E-state index in [9.17, 15) is 9.59 Å². The highest BCUT2D eigenvalue weighted by molar-refractivity contribution is 6.41. The molecule has 1 aliphatic carbocycles. The van der Waals surface area contributed by atoms with Crippen LogP contribution in [0.15, 0.2) is 95.2 Å². The highest BCUT2D eigenvalue weighted by Gasteiger charge is 2.32. The lowest BCUT2D eigenvalue weighted by Gasteiger charge is -2.20. The van der Waals surface area contributed by atoms with Gasteiger partial charge in [-0.1, -0.05) is 59.7 Å². The van der Waals surface area contributed by atoms with Gasteiger partial charge in [0.2, 0.25) is 6.39 Å². The Bertz CT molecular complexity index is 1220. The van der Waals surface area contributed by atoms with E-state index in [0.717, 1.165) is 16.9 Å². The van der Waals surface area contributed by atoms with Gasteiger partial charge in [-0.2, -0.15) is 0 Å². The molecule has 0 fully saturated rings. The van der Waals surface area contributed by atoms with E-state index < -0.39 is 0 Å². The molecule has 1 aliphatic rings. The van der Waals surface area contributed by atoms with Gasteiger partial charge in [0.25, 0.3) is 0 Å². The summed E-state index contributed by atoms with van der Waals surface area (Å²) in [4.78, 5) is 27.0. The van der Waals surface area contributed by atoms with Crippen LogP contribution in [0.1, 0.15) is 26.3 Å². The third kappa shape index (κ3) is 3.00. The highest BCUT2D eigenvalue weighted by atomic mass is 16.4. The van der Waals surface area contributed by atoms with E-state index in [-0.39, 0.29) is 17.1 Å². The van der Waals surface area contributed by atoms with Gasteiger partial charge in [0.15, 0.2) is 11.6 Å².